The third-order valence-electron chi connectivity index (χ3n) is 6.44. The van der Waals surface area contributed by atoms with Crippen molar-refractivity contribution in [1.82, 2.24) is 10.2 Å². The lowest BCUT2D eigenvalue weighted by molar-refractivity contribution is -0.153. The first kappa shape index (κ1) is 19.1. The number of carboxylic acid groups (broad SMARTS) is 1. The number of carboxylic acids is 1. The van der Waals surface area contributed by atoms with Gasteiger partial charge in [-0.1, -0.05) is 34.6 Å². The Balaban J connectivity index is 1.78. The highest BCUT2D eigenvalue weighted by atomic mass is 16.5. The molecule has 146 valence electrons. The van der Waals surface area contributed by atoms with E-state index in [1.165, 1.54) is 4.90 Å². The van der Waals surface area contributed by atoms with Crippen LogP contribution in [0.3, 0.4) is 0 Å². The number of likely N-dealkylation sites (tertiary alicyclic amines) is 1. The Morgan fingerprint density at radius 1 is 1.27 bits per heavy atom. The fraction of sp³-hybridized carbons (Fsp3) is 0.842. The van der Waals surface area contributed by atoms with E-state index in [2.05, 4.69) is 19.2 Å². The van der Waals surface area contributed by atoms with Crippen LogP contribution in [0, 0.1) is 28.6 Å². The minimum atomic E-state index is -0.959. The minimum Gasteiger partial charge on any atom is -0.480 e. The molecule has 3 fully saturated rings. The largest absolute Gasteiger partial charge is 0.480 e. The maximum absolute atomic E-state index is 13.3. The molecule has 2 amide bonds. The molecule has 0 aromatic rings. The van der Waals surface area contributed by atoms with Crippen LogP contribution in [0.2, 0.25) is 0 Å². The highest BCUT2D eigenvalue weighted by molar-refractivity contribution is 5.92. The van der Waals surface area contributed by atoms with E-state index in [1.807, 2.05) is 20.8 Å². The molecule has 0 aromatic carbocycles. The second-order valence-corrected chi connectivity index (χ2v) is 9.60. The molecular weight excluding hydrogens is 336 g/mol. The topological polar surface area (TPSA) is 95.9 Å². The molecule has 0 unspecified atom stereocenters. The molecule has 2 saturated heterocycles. The predicted octanol–water partition coefficient (Wildman–Crippen LogP) is 1.12. The molecule has 5 atom stereocenters. The number of aliphatic carboxylic acids is 1. The average Bonchev–Trinajstić information content (AvgIpc) is 3.01. The van der Waals surface area contributed by atoms with Gasteiger partial charge < -0.3 is 20.1 Å². The van der Waals surface area contributed by atoms with Crippen LogP contribution in [0.15, 0.2) is 0 Å². The van der Waals surface area contributed by atoms with E-state index in [4.69, 9.17) is 4.74 Å². The third kappa shape index (κ3) is 3.10. The first-order chi connectivity index (χ1) is 12.0. The molecule has 0 spiro atoms. The Labute approximate surface area is 154 Å². The Morgan fingerprint density at radius 3 is 2.42 bits per heavy atom. The summed E-state index contributed by atoms with van der Waals surface area (Å²) >= 11 is 0. The van der Waals surface area contributed by atoms with Gasteiger partial charge in [-0.2, -0.15) is 0 Å². The van der Waals surface area contributed by atoms with Crippen LogP contribution in [0.5, 0.6) is 0 Å². The summed E-state index contributed by atoms with van der Waals surface area (Å²) in [6, 6.07) is -1.56. The van der Waals surface area contributed by atoms with Crippen LogP contribution in [-0.2, 0) is 19.1 Å². The van der Waals surface area contributed by atoms with Crippen molar-refractivity contribution in [2.45, 2.75) is 53.1 Å². The van der Waals surface area contributed by atoms with E-state index >= 15 is 0 Å². The molecule has 0 radical (unpaired) electrons. The van der Waals surface area contributed by atoms with E-state index in [1.54, 1.807) is 0 Å². The third-order valence-corrected chi connectivity index (χ3v) is 6.44. The summed E-state index contributed by atoms with van der Waals surface area (Å²) in [5.41, 5.74) is -0.556. The summed E-state index contributed by atoms with van der Waals surface area (Å²) in [7, 11) is 0. The Bertz CT molecular complexity index is 618. The van der Waals surface area contributed by atoms with Gasteiger partial charge in [0, 0.05) is 19.1 Å². The Kier molecular flexibility index (Phi) is 4.58. The average molecular weight is 366 g/mol. The van der Waals surface area contributed by atoms with Crippen molar-refractivity contribution in [3.63, 3.8) is 0 Å². The van der Waals surface area contributed by atoms with Gasteiger partial charge in [-0.05, 0) is 23.2 Å². The quantitative estimate of drug-likeness (QED) is 0.777. The molecule has 2 heterocycles. The number of rotatable bonds is 4. The molecule has 1 saturated carbocycles. The zero-order valence-electron chi connectivity index (χ0n) is 16.2. The van der Waals surface area contributed by atoms with Crippen molar-refractivity contribution >= 4 is 17.8 Å². The molecule has 1 aliphatic carbocycles. The number of fused-ring (bicyclic) bond motifs is 1. The Morgan fingerprint density at radius 2 is 1.92 bits per heavy atom. The lowest BCUT2D eigenvalue weighted by atomic mass is 9.84. The highest BCUT2D eigenvalue weighted by Gasteiger charge is 2.70. The number of carbonyl (C=O) groups is 3. The van der Waals surface area contributed by atoms with Crippen molar-refractivity contribution in [2.24, 2.45) is 28.6 Å². The van der Waals surface area contributed by atoms with E-state index in [0.29, 0.717) is 26.2 Å². The maximum Gasteiger partial charge on any atom is 0.326 e. The van der Waals surface area contributed by atoms with Crippen molar-refractivity contribution in [3.05, 3.63) is 0 Å². The molecule has 0 aromatic heterocycles. The molecule has 3 rings (SSSR count). The Hall–Kier alpha value is -1.63. The fourth-order valence-electron chi connectivity index (χ4n) is 4.61. The molecule has 26 heavy (non-hydrogen) atoms. The molecule has 7 heteroatoms. The van der Waals surface area contributed by atoms with E-state index in [9.17, 15) is 19.5 Å². The number of piperidine rings is 1. The molecule has 2 N–H and O–H groups in total. The first-order valence-electron chi connectivity index (χ1n) is 9.37. The summed E-state index contributed by atoms with van der Waals surface area (Å²) in [6.07, 6.45) is 0.649. The number of hydrogen-bond donors (Lipinski definition) is 2. The van der Waals surface area contributed by atoms with E-state index < -0.39 is 23.5 Å². The van der Waals surface area contributed by atoms with Gasteiger partial charge in [-0.15, -0.1) is 0 Å². The summed E-state index contributed by atoms with van der Waals surface area (Å²) in [6.45, 7) is 11.1. The fourth-order valence-corrected chi connectivity index (χ4v) is 4.61. The summed E-state index contributed by atoms with van der Waals surface area (Å²) in [5, 5.41) is 12.6. The zero-order chi connectivity index (χ0) is 19.4. The lowest BCUT2D eigenvalue weighted by Gasteiger charge is -2.37. The van der Waals surface area contributed by atoms with Gasteiger partial charge in [0.25, 0.3) is 0 Å². The molecule has 0 bridgehead atoms. The lowest BCUT2D eigenvalue weighted by Crippen LogP contribution is -2.58. The summed E-state index contributed by atoms with van der Waals surface area (Å²) in [4.78, 5) is 39.1. The second kappa shape index (κ2) is 6.22. The van der Waals surface area contributed by atoms with Gasteiger partial charge in [-0.3, -0.25) is 9.59 Å². The second-order valence-electron chi connectivity index (χ2n) is 9.60. The highest BCUT2D eigenvalue weighted by Crippen LogP contribution is 2.65. The van der Waals surface area contributed by atoms with Crippen LogP contribution >= 0.6 is 0 Å². The maximum atomic E-state index is 13.3. The normalized spacial score (nSPS) is 33.5. The number of nitrogens with one attached hydrogen (secondary N) is 1. The van der Waals surface area contributed by atoms with Crippen LogP contribution < -0.4 is 5.32 Å². The van der Waals surface area contributed by atoms with Gasteiger partial charge in [-0.25, -0.2) is 4.79 Å². The van der Waals surface area contributed by atoms with Crippen molar-refractivity contribution in [1.29, 1.82) is 0 Å². The molecule has 7 nitrogen and oxygen atoms in total. The summed E-state index contributed by atoms with van der Waals surface area (Å²) in [5.74, 6) is -1.48. The van der Waals surface area contributed by atoms with Crippen molar-refractivity contribution in [2.75, 3.05) is 19.8 Å². The van der Waals surface area contributed by atoms with Crippen LogP contribution in [0.1, 0.15) is 41.0 Å². The van der Waals surface area contributed by atoms with Gasteiger partial charge in [0.1, 0.15) is 12.1 Å². The molecule has 2 aliphatic heterocycles. The van der Waals surface area contributed by atoms with Crippen LogP contribution in [0.25, 0.3) is 0 Å². The molecule has 3 aliphatic rings. The monoisotopic (exact) mass is 366 g/mol. The standard InChI is InChI=1S/C19H30N2O5/c1-18(2,3)14(20-15(22)10-6-7-26-9-10)16(23)21-8-11-12(19(11,4)5)13(21)17(24)25/h10-14H,6-9H2,1-5H3,(H,20,22)(H,24,25)/t10-,11-,12-,13-,14+/m0/s1. The predicted molar refractivity (Wildman–Crippen MR) is 94.2 cm³/mol. The summed E-state index contributed by atoms with van der Waals surface area (Å²) < 4.78 is 5.26. The molecular formula is C19H30N2O5. The van der Waals surface area contributed by atoms with Gasteiger partial charge in [0.15, 0.2) is 0 Å². The SMILES string of the molecule is CC(C)(C)[C@H](NC(=O)[C@H]1CCOC1)C(=O)N1C[C@H]2[C@@H]([C@H]1C(=O)O)C2(C)C. The van der Waals surface area contributed by atoms with Gasteiger partial charge >= 0.3 is 5.97 Å². The van der Waals surface area contributed by atoms with Crippen molar-refractivity contribution < 1.29 is 24.2 Å². The van der Waals surface area contributed by atoms with Crippen molar-refractivity contribution in [3.8, 4) is 0 Å². The first-order valence-corrected chi connectivity index (χ1v) is 9.37. The van der Waals surface area contributed by atoms with E-state index in [0.717, 1.165) is 0 Å². The minimum absolute atomic E-state index is 0.0106. The smallest absolute Gasteiger partial charge is 0.326 e. The van der Waals surface area contributed by atoms with Crippen LogP contribution in [0.4, 0.5) is 0 Å². The number of hydrogen-bond acceptors (Lipinski definition) is 4. The zero-order valence-corrected chi connectivity index (χ0v) is 16.2. The number of nitrogens with zero attached hydrogens (tertiary/aromatic N) is 1. The van der Waals surface area contributed by atoms with Gasteiger partial charge in [0.05, 0.1) is 12.5 Å². The number of amides is 2. The number of carbonyl (C=O) groups excluding carboxylic acids is 2. The van der Waals surface area contributed by atoms with Gasteiger partial charge in [0.2, 0.25) is 11.8 Å². The van der Waals surface area contributed by atoms with E-state index in [-0.39, 0.29) is 35.0 Å². The number of ether oxygens (including phenoxy) is 1. The van der Waals surface area contributed by atoms with Crippen LogP contribution in [-0.4, -0.2) is 59.6 Å².